The van der Waals surface area contributed by atoms with Crippen molar-refractivity contribution < 1.29 is 14.6 Å². The van der Waals surface area contributed by atoms with Crippen molar-refractivity contribution in [3.63, 3.8) is 0 Å². The molecule has 0 spiro atoms. The molecule has 18 heavy (non-hydrogen) atoms. The van der Waals surface area contributed by atoms with E-state index in [2.05, 4.69) is 0 Å². The average molecular weight is 245 g/mol. The van der Waals surface area contributed by atoms with Crippen LogP contribution in [0.5, 0.6) is 5.75 Å². The van der Waals surface area contributed by atoms with Gasteiger partial charge in [0, 0.05) is 12.1 Å². The number of hydrogen-bond donors (Lipinski definition) is 1. The number of benzene rings is 1. The molecule has 1 aromatic carbocycles. The molecule has 4 heteroatoms. The van der Waals surface area contributed by atoms with Crippen molar-refractivity contribution in [2.24, 2.45) is 0 Å². The molecular formula is C14H15NO3. The number of methoxy groups -OCH3 is 1. The first-order valence-corrected chi connectivity index (χ1v) is 5.75. The van der Waals surface area contributed by atoms with Crippen LogP contribution in [-0.4, -0.2) is 22.8 Å². The molecule has 2 rings (SSSR count). The normalized spacial score (nSPS) is 10.3. The third kappa shape index (κ3) is 1.97. The molecule has 0 aliphatic heterocycles. The lowest BCUT2D eigenvalue weighted by molar-refractivity contribution is 0.0685. The Balaban J connectivity index is 2.61. The zero-order valence-corrected chi connectivity index (χ0v) is 10.4. The number of carboxylic acid groups (broad SMARTS) is 1. The molecule has 94 valence electrons. The maximum Gasteiger partial charge on any atom is 0.352 e. The molecule has 0 aliphatic carbocycles. The van der Waals surface area contributed by atoms with Gasteiger partial charge in [-0.25, -0.2) is 4.79 Å². The molecule has 1 heterocycles. The Morgan fingerprint density at radius 1 is 1.28 bits per heavy atom. The molecule has 0 atom stereocenters. The molecule has 0 unspecified atom stereocenters. The summed E-state index contributed by atoms with van der Waals surface area (Å²) in [5, 5.41) is 9.13. The molecule has 0 saturated carbocycles. The highest BCUT2D eigenvalue weighted by atomic mass is 16.5. The van der Waals surface area contributed by atoms with Gasteiger partial charge in [-0.1, -0.05) is 12.1 Å². The number of aromatic carboxylic acids is 1. The summed E-state index contributed by atoms with van der Waals surface area (Å²) in [7, 11) is 1.61. The lowest BCUT2D eigenvalue weighted by Crippen LogP contribution is -2.08. The summed E-state index contributed by atoms with van der Waals surface area (Å²) in [5.74, 6) is -0.180. The predicted octanol–water partition coefficient (Wildman–Crippen LogP) is 2.88. The minimum atomic E-state index is -0.919. The van der Waals surface area contributed by atoms with E-state index in [9.17, 15) is 4.79 Å². The molecule has 0 saturated heterocycles. The number of para-hydroxylation sites is 1. The second kappa shape index (κ2) is 4.96. The van der Waals surface area contributed by atoms with Crippen molar-refractivity contribution in [2.45, 2.75) is 13.5 Å². The van der Waals surface area contributed by atoms with Gasteiger partial charge in [0.15, 0.2) is 0 Å². The van der Waals surface area contributed by atoms with E-state index < -0.39 is 5.97 Å². The van der Waals surface area contributed by atoms with Crippen LogP contribution in [0.15, 0.2) is 36.4 Å². The van der Waals surface area contributed by atoms with Gasteiger partial charge in [0.1, 0.15) is 11.4 Å². The molecule has 0 aliphatic rings. The average Bonchev–Trinajstić information content (AvgIpc) is 2.82. The standard InChI is InChI=1S/C14H15NO3/c1-3-15-11(8-9-12(15)14(16)17)10-6-4-5-7-13(10)18-2/h4-9H,3H2,1-2H3,(H,16,17). The number of nitrogens with zero attached hydrogens (tertiary/aromatic N) is 1. The SMILES string of the molecule is CCn1c(C(=O)O)ccc1-c1ccccc1OC. The van der Waals surface area contributed by atoms with Gasteiger partial charge in [-0.15, -0.1) is 0 Å². The van der Waals surface area contributed by atoms with Gasteiger partial charge in [-0.2, -0.15) is 0 Å². The monoisotopic (exact) mass is 245 g/mol. The minimum absolute atomic E-state index is 0.290. The Morgan fingerprint density at radius 3 is 2.61 bits per heavy atom. The molecule has 4 nitrogen and oxygen atoms in total. The van der Waals surface area contributed by atoms with Crippen LogP contribution in [0.2, 0.25) is 0 Å². The Kier molecular flexibility index (Phi) is 3.37. The van der Waals surface area contributed by atoms with Crippen LogP contribution >= 0.6 is 0 Å². The Labute approximate surface area is 105 Å². The van der Waals surface area contributed by atoms with Crippen LogP contribution in [0.25, 0.3) is 11.3 Å². The molecule has 0 amide bonds. The minimum Gasteiger partial charge on any atom is -0.496 e. The van der Waals surface area contributed by atoms with Gasteiger partial charge >= 0.3 is 5.97 Å². The first-order chi connectivity index (χ1) is 8.69. The smallest absolute Gasteiger partial charge is 0.352 e. The van der Waals surface area contributed by atoms with E-state index in [-0.39, 0.29) is 0 Å². The quantitative estimate of drug-likeness (QED) is 0.901. The highest BCUT2D eigenvalue weighted by Crippen LogP contribution is 2.31. The third-order valence-electron chi connectivity index (χ3n) is 2.90. The lowest BCUT2D eigenvalue weighted by Gasteiger charge is -2.12. The van der Waals surface area contributed by atoms with Gasteiger partial charge in [-0.3, -0.25) is 0 Å². The van der Waals surface area contributed by atoms with E-state index in [1.54, 1.807) is 17.7 Å². The summed E-state index contributed by atoms with van der Waals surface area (Å²) in [6, 6.07) is 11.0. The van der Waals surface area contributed by atoms with Crippen LogP contribution < -0.4 is 4.74 Å². The largest absolute Gasteiger partial charge is 0.496 e. The molecule has 0 radical (unpaired) electrons. The number of ether oxygens (including phenoxy) is 1. The van der Waals surface area contributed by atoms with E-state index >= 15 is 0 Å². The summed E-state index contributed by atoms with van der Waals surface area (Å²) in [6.07, 6.45) is 0. The lowest BCUT2D eigenvalue weighted by atomic mass is 10.1. The van der Waals surface area contributed by atoms with Gasteiger partial charge in [0.2, 0.25) is 0 Å². The summed E-state index contributed by atoms with van der Waals surface area (Å²) in [4.78, 5) is 11.1. The molecule has 2 aromatic rings. The topological polar surface area (TPSA) is 51.5 Å². The van der Waals surface area contributed by atoms with Gasteiger partial charge in [-0.05, 0) is 31.2 Å². The van der Waals surface area contributed by atoms with E-state index in [0.29, 0.717) is 12.2 Å². The summed E-state index contributed by atoms with van der Waals surface area (Å²) in [6.45, 7) is 2.52. The van der Waals surface area contributed by atoms with Crippen molar-refractivity contribution >= 4 is 5.97 Å². The van der Waals surface area contributed by atoms with Crippen LogP contribution in [0, 0.1) is 0 Å². The first kappa shape index (κ1) is 12.2. The van der Waals surface area contributed by atoms with Crippen molar-refractivity contribution in [2.75, 3.05) is 7.11 Å². The maximum atomic E-state index is 11.1. The van der Waals surface area contributed by atoms with Crippen LogP contribution in [0.4, 0.5) is 0 Å². The number of aromatic nitrogens is 1. The van der Waals surface area contributed by atoms with E-state index in [1.807, 2.05) is 37.3 Å². The highest BCUT2D eigenvalue weighted by Gasteiger charge is 2.15. The fourth-order valence-electron chi connectivity index (χ4n) is 2.09. The summed E-state index contributed by atoms with van der Waals surface area (Å²) >= 11 is 0. The fraction of sp³-hybridized carbons (Fsp3) is 0.214. The van der Waals surface area contributed by atoms with Crippen molar-refractivity contribution in [3.8, 4) is 17.0 Å². The van der Waals surface area contributed by atoms with Crippen molar-refractivity contribution in [1.29, 1.82) is 0 Å². The van der Waals surface area contributed by atoms with Crippen LogP contribution in [-0.2, 0) is 6.54 Å². The molecular weight excluding hydrogens is 230 g/mol. The molecule has 0 fully saturated rings. The number of carbonyl (C=O) groups is 1. The Morgan fingerprint density at radius 2 is 2.00 bits per heavy atom. The zero-order chi connectivity index (χ0) is 13.1. The van der Waals surface area contributed by atoms with E-state index in [0.717, 1.165) is 17.0 Å². The molecule has 1 N–H and O–H groups in total. The van der Waals surface area contributed by atoms with Crippen molar-refractivity contribution in [3.05, 3.63) is 42.1 Å². The maximum absolute atomic E-state index is 11.1. The van der Waals surface area contributed by atoms with Gasteiger partial charge < -0.3 is 14.4 Å². The summed E-state index contributed by atoms with van der Waals surface area (Å²) in [5.41, 5.74) is 2.04. The second-order valence-corrected chi connectivity index (χ2v) is 3.85. The van der Waals surface area contributed by atoms with Crippen LogP contribution in [0.1, 0.15) is 17.4 Å². The fourth-order valence-corrected chi connectivity index (χ4v) is 2.09. The Bertz CT molecular complexity index is 572. The van der Waals surface area contributed by atoms with Crippen LogP contribution in [0.3, 0.4) is 0 Å². The van der Waals surface area contributed by atoms with Crippen molar-refractivity contribution in [1.82, 2.24) is 4.57 Å². The van der Waals surface area contributed by atoms with Gasteiger partial charge in [0.05, 0.1) is 12.8 Å². The third-order valence-corrected chi connectivity index (χ3v) is 2.90. The molecule has 0 bridgehead atoms. The summed E-state index contributed by atoms with van der Waals surface area (Å²) < 4.78 is 7.07. The van der Waals surface area contributed by atoms with Gasteiger partial charge in [0.25, 0.3) is 0 Å². The van der Waals surface area contributed by atoms with E-state index in [4.69, 9.17) is 9.84 Å². The second-order valence-electron chi connectivity index (χ2n) is 3.85. The molecule has 1 aromatic heterocycles. The highest BCUT2D eigenvalue weighted by molar-refractivity contribution is 5.88. The number of carboxylic acids is 1. The van der Waals surface area contributed by atoms with E-state index in [1.165, 1.54) is 0 Å². The Hall–Kier alpha value is -2.23. The predicted molar refractivity (Wildman–Crippen MR) is 69.1 cm³/mol. The first-order valence-electron chi connectivity index (χ1n) is 5.75. The number of rotatable bonds is 4. The number of hydrogen-bond acceptors (Lipinski definition) is 2. The zero-order valence-electron chi connectivity index (χ0n) is 10.4.